The van der Waals surface area contributed by atoms with Crippen molar-refractivity contribution >= 4 is 28.7 Å². The molecule has 1 aliphatic rings. The molecule has 8 nitrogen and oxygen atoms in total. The predicted octanol–water partition coefficient (Wildman–Crippen LogP) is 3.12. The highest BCUT2D eigenvalue weighted by molar-refractivity contribution is 6.33. The maximum Gasteiger partial charge on any atom is 0.292 e. The summed E-state index contributed by atoms with van der Waals surface area (Å²) >= 11 is 6.39. The molecule has 3 aromatic rings. The van der Waals surface area contributed by atoms with E-state index in [9.17, 15) is 14.9 Å². The van der Waals surface area contributed by atoms with Crippen molar-refractivity contribution in [3.8, 4) is 5.69 Å². The van der Waals surface area contributed by atoms with Gasteiger partial charge in [-0.3, -0.25) is 14.9 Å². The molecule has 0 atom stereocenters. The van der Waals surface area contributed by atoms with Gasteiger partial charge in [0, 0.05) is 44.0 Å². The second-order valence-corrected chi connectivity index (χ2v) is 7.02. The third-order valence-corrected chi connectivity index (χ3v) is 5.30. The Bertz CT molecular complexity index is 1080. The van der Waals surface area contributed by atoms with Crippen LogP contribution in [0.2, 0.25) is 5.02 Å². The maximum atomic E-state index is 12.7. The van der Waals surface area contributed by atoms with E-state index in [-0.39, 0.29) is 16.3 Å². The molecule has 9 heteroatoms. The van der Waals surface area contributed by atoms with Crippen LogP contribution in [0.15, 0.2) is 65.6 Å². The summed E-state index contributed by atoms with van der Waals surface area (Å²) in [5.41, 5.74) is 1.93. The number of rotatable bonds is 4. The molecule has 0 radical (unpaired) electrons. The van der Waals surface area contributed by atoms with Crippen LogP contribution in [0.1, 0.15) is 0 Å². The number of aromatic nitrogens is 2. The zero-order chi connectivity index (χ0) is 20.4. The van der Waals surface area contributed by atoms with Crippen LogP contribution >= 0.6 is 11.6 Å². The van der Waals surface area contributed by atoms with Crippen molar-refractivity contribution < 1.29 is 4.92 Å². The van der Waals surface area contributed by atoms with E-state index in [0.29, 0.717) is 37.6 Å². The summed E-state index contributed by atoms with van der Waals surface area (Å²) < 4.78 is 1.29. The number of non-ortho nitro benzene ring substituents is 1. The number of benzene rings is 2. The number of hydrogen-bond acceptors (Lipinski definition) is 6. The van der Waals surface area contributed by atoms with Gasteiger partial charge in [-0.05, 0) is 24.3 Å². The molecule has 4 rings (SSSR count). The lowest BCUT2D eigenvalue weighted by atomic mass is 10.2. The molecule has 0 saturated carbocycles. The van der Waals surface area contributed by atoms with Gasteiger partial charge in [-0.25, -0.2) is 0 Å². The summed E-state index contributed by atoms with van der Waals surface area (Å²) in [6.45, 7) is 2.73. The highest BCUT2D eigenvalue weighted by Gasteiger charge is 2.22. The van der Waals surface area contributed by atoms with Gasteiger partial charge in [0.05, 0.1) is 22.5 Å². The van der Waals surface area contributed by atoms with Gasteiger partial charge in [0.15, 0.2) is 0 Å². The standard InChI is InChI=1S/C20H18ClN5O3/c21-19-18(14-22-25(20(19)27)16-4-2-1-3-5-16)24-12-10-23(11-13-24)15-6-8-17(9-7-15)26(28)29/h1-9,14H,10-13H2. The molecule has 0 amide bonds. The third kappa shape index (κ3) is 3.79. The lowest BCUT2D eigenvalue weighted by Crippen LogP contribution is -2.47. The molecule has 1 fully saturated rings. The monoisotopic (exact) mass is 411 g/mol. The van der Waals surface area contributed by atoms with Gasteiger partial charge >= 0.3 is 0 Å². The first-order valence-corrected chi connectivity index (χ1v) is 9.50. The van der Waals surface area contributed by atoms with E-state index in [0.717, 1.165) is 5.69 Å². The van der Waals surface area contributed by atoms with Gasteiger partial charge in [0.25, 0.3) is 11.2 Å². The first kappa shape index (κ1) is 18.9. The maximum absolute atomic E-state index is 12.7. The van der Waals surface area contributed by atoms with Crippen LogP contribution in [0.25, 0.3) is 5.69 Å². The van der Waals surface area contributed by atoms with Crippen LogP contribution in [0.5, 0.6) is 0 Å². The molecule has 0 unspecified atom stereocenters. The fourth-order valence-corrected chi connectivity index (χ4v) is 3.64. The lowest BCUT2D eigenvalue weighted by Gasteiger charge is -2.37. The average Bonchev–Trinajstić information content (AvgIpc) is 2.76. The average molecular weight is 412 g/mol. The summed E-state index contributed by atoms with van der Waals surface area (Å²) in [4.78, 5) is 27.3. The van der Waals surface area contributed by atoms with E-state index >= 15 is 0 Å². The van der Waals surface area contributed by atoms with E-state index in [2.05, 4.69) is 10.00 Å². The Balaban J connectivity index is 1.49. The zero-order valence-corrected chi connectivity index (χ0v) is 16.2. The van der Waals surface area contributed by atoms with Gasteiger partial charge in [-0.15, -0.1) is 0 Å². The molecule has 148 valence electrons. The van der Waals surface area contributed by atoms with Crippen molar-refractivity contribution in [2.24, 2.45) is 0 Å². The second-order valence-electron chi connectivity index (χ2n) is 6.64. The van der Waals surface area contributed by atoms with Gasteiger partial charge in [-0.1, -0.05) is 29.8 Å². The number of nitrogens with zero attached hydrogens (tertiary/aromatic N) is 5. The smallest absolute Gasteiger partial charge is 0.292 e. The van der Waals surface area contributed by atoms with Gasteiger partial charge in [0.1, 0.15) is 5.02 Å². The van der Waals surface area contributed by atoms with E-state index in [1.54, 1.807) is 30.5 Å². The zero-order valence-electron chi connectivity index (χ0n) is 15.4. The van der Waals surface area contributed by atoms with Crippen LogP contribution in [0.3, 0.4) is 0 Å². The Kier molecular flexibility index (Phi) is 5.18. The molecule has 1 saturated heterocycles. The number of nitro groups is 1. The van der Waals surface area contributed by atoms with Gasteiger partial charge < -0.3 is 9.80 Å². The van der Waals surface area contributed by atoms with Crippen molar-refractivity contribution in [2.75, 3.05) is 36.0 Å². The minimum Gasteiger partial charge on any atom is -0.368 e. The first-order chi connectivity index (χ1) is 14.0. The van der Waals surface area contributed by atoms with Crippen molar-refractivity contribution in [3.63, 3.8) is 0 Å². The number of hydrogen-bond donors (Lipinski definition) is 0. The lowest BCUT2D eigenvalue weighted by molar-refractivity contribution is -0.384. The van der Waals surface area contributed by atoms with E-state index in [1.165, 1.54) is 16.8 Å². The summed E-state index contributed by atoms with van der Waals surface area (Å²) in [6, 6.07) is 15.7. The molecule has 0 bridgehead atoms. The molecular formula is C20H18ClN5O3. The fourth-order valence-electron chi connectivity index (χ4n) is 3.39. The predicted molar refractivity (Wildman–Crippen MR) is 112 cm³/mol. The number of piperazine rings is 1. The van der Waals surface area contributed by atoms with Crippen molar-refractivity contribution in [1.82, 2.24) is 9.78 Å². The summed E-state index contributed by atoms with van der Waals surface area (Å²) in [7, 11) is 0. The van der Waals surface area contributed by atoms with Crippen LogP contribution in [0.4, 0.5) is 17.1 Å². The summed E-state index contributed by atoms with van der Waals surface area (Å²) in [5.74, 6) is 0. The minimum absolute atomic E-state index is 0.0734. The molecule has 29 heavy (non-hydrogen) atoms. The molecule has 0 aliphatic carbocycles. The van der Waals surface area contributed by atoms with Crippen molar-refractivity contribution in [3.05, 3.63) is 86.3 Å². The van der Waals surface area contributed by atoms with Crippen LogP contribution in [-0.4, -0.2) is 40.9 Å². The molecule has 0 N–H and O–H groups in total. The molecule has 1 aliphatic heterocycles. The number of anilines is 2. The van der Waals surface area contributed by atoms with Gasteiger partial charge in [-0.2, -0.15) is 9.78 Å². The number of halogens is 1. The van der Waals surface area contributed by atoms with E-state index in [1.807, 2.05) is 23.1 Å². The van der Waals surface area contributed by atoms with Gasteiger partial charge in [0.2, 0.25) is 0 Å². The third-order valence-electron chi connectivity index (χ3n) is 4.95. The second kappa shape index (κ2) is 7.92. The normalized spacial score (nSPS) is 14.1. The quantitative estimate of drug-likeness (QED) is 0.484. The molecule has 2 heterocycles. The summed E-state index contributed by atoms with van der Waals surface area (Å²) in [6.07, 6.45) is 1.62. The summed E-state index contributed by atoms with van der Waals surface area (Å²) in [5, 5.41) is 15.2. The number of para-hydroxylation sites is 1. The molecule has 1 aromatic heterocycles. The molecular weight excluding hydrogens is 394 g/mol. The van der Waals surface area contributed by atoms with Crippen molar-refractivity contribution in [2.45, 2.75) is 0 Å². The number of nitro benzene ring substituents is 1. The van der Waals surface area contributed by atoms with Crippen LogP contribution < -0.4 is 15.4 Å². The topological polar surface area (TPSA) is 84.5 Å². The SMILES string of the molecule is O=c1c(Cl)c(N2CCN(c3ccc([N+](=O)[O-])cc3)CC2)cnn1-c1ccccc1. The first-order valence-electron chi connectivity index (χ1n) is 9.12. The highest BCUT2D eigenvalue weighted by Crippen LogP contribution is 2.25. The molecule has 2 aromatic carbocycles. The van der Waals surface area contributed by atoms with Crippen LogP contribution in [-0.2, 0) is 0 Å². The Hall–Kier alpha value is -3.39. The Morgan fingerprint density at radius 3 is 2.14 bits per heavy atom. The van der Waals surface area contributed by atoms with E-state index < -0.39 is 4.92 Å². The molecule has 0 spiro atoms. The van der Waals surface area contributed by atoms with E-state index in [4.69, 9.17) is 11.6 Å². The minimum atomic E-state index is -0.408. The highest BCUT2D eigenvalue weighted by atomic mass is 35.5. The fraction of sp³-hybridized carbons (Fsp3) is 0.200. The van der Waals surface area contributed by atoms with Crippen LogP contribution in [0, 0.1) is 10.1 Å². The van der Waals surface area contributed by atoms with Crippen molar-refractivity contribution in [1.29, 1.82) is 0 Å². The largest absolute Gasteiger partial charge is 0.368 e. The Morgan fingerprint density at radius 2 is 1.52 bits per heavy atom. The Labute approximate surface area is 171 Å². The Morgan fingerprint density at radius 1 is 0.897 bits per heavy atom.